The Morgan fingerprint density at radius 1 is 1.16 bits per heavy atom. The molecule has 0 saturated heterocycles. The Morgan fingerprint density at radius 3 is 2.40 bits per heavy atom. The first-order valence-corrected chi connectivity index (χ1v) is 9.78. The number of thiophene rings is 1. The monoisotopic (exact) mass is 451 g/mol. The number of nitrogens with zero attached hydrogens (tertiary/aromatic N) is 2. The average molecular weight is 452 g/mol. The number of halogens is 4. The van der Waals surface area contributed by atoms with Gasteiger partial charge in [-0.2, -0.15) is 18.3 Å². The number of benzene rings is 1. The Bertz CT molecular complexity index is 1040. The predicted octanol–water partition coefficient (Wildman–Crippen LogP) is 4.03. The van der Waals surface area contributed by atoms with Crippen molar-refractivity contribution in [3.63, 3.8) is 0 Å². The zero-order valence-corrected chi connectivity index (χ0v) is 15.4. The van der Waals surface area contributed by atoms with Gasteiger partial charge in [-0.15, -0.1) is 11.3 Å². The molecule has 3 aromatic rings. The lowest BCUT2D eigenvalue weighted by atomic mass is 10.2. The molecule has 0 saturated carbocycles. The van der Waals surface area contributed by atoms with E-state index in [4.69, 9.17) is 5.14 Å². The van der Waals surface area contributed by atoms with Crippen LogP contribution in [-0.2, 0) is 16.2 Å². The fourth-order valence-electron chi connectivity index (χ4n) is 2.20. The van der Waals surface area contributed by atoms with Crippen LogP contribution in [0.1, 0.15) is 5.69 Å². The molecule has 0 bridgehead atoms. The molecule has 2 aromatic heterocycles. The number of aromatic nitrogens is 2. The van der Waals surface area contributed by atoms with Crippen LogP contribution in [0.3, 0.4) is 0 Å². The van der Waals surface area contributed by atoms with E-state index in [0.29, 0.717) is 8.66 Å². The second-order valence-corrected chi connectivity index (χ2v) is 8.93. The quantitative estimate of drug-likeness (QED) is 0.652. The maximum absolute atomic E-state index is 13.1. The Morgan fingerprint density at radius 2 is 1.84 bits per heavy atom. The van der Waals surface area contributed by atoms with Gasteiger partial charge in [0.2, 0.25) is 10.0 Å². The third-order valence-electron chi connectivity index (χ3n) is 3.23. The molecule has 2 heterocycles. The molecule has 5 nitrogen and oxygen atoms in total. The zero-order valence-electron chi connectivity index (χ0n) is 12.2. The molecule has 1 aromatic carbocycles. The summed E-state index contributed by atoms with van der Waals surface area (Å²) in [4.78, 5) is 0.169. The third kappa shape index (κ3) is 3.64. The van der Waals surface area contributed by atoms with Crippen LogP contribution in [0.2, 0.25) is 0 Å². The van der Waals surface area contributed by atoms with Gasteiger partial charge < -0.3 is 0 Å². The van der Waals surface area contributed by atoms with Crippen molar-refractivity contribution < 1.29 is 21.6 Å². The van der Waals surface area contributed by atoms with Crippen LogP contribution >= 0.6 is 27.3 Å². The molecule has 0 fully saturated rings. The fraction of sp³-hybridized carbons (Fsp3) is 0.0714. The normalized spacial score (nSPS) is 12.5. The number of primary sulfonamides is 1. The minimum Gasteiger partial charge on any atom is -0.230 e. The van der Waals surface area contributed by atoms with Crippen molar-refractivity contribution in [2.45, 2.75) is 11.1 Å². The molecule has 11 heteroatoms. The molecule has 25 heavy (non-hydrogen) atoms. The second kappa shape index (κ2) is 6.24. The summed E-state index contributed by atoms with van der Waals surface area (Å²) < 4.78 is 64.6. The molecule has 0 atom stereocenters. The van der Waals surface area contributed by atoms with Crippen molar-refractivity contribution in [1.82, 2.24) is 9.78 Å². The molecule has 3 rings (SSSR count). The number of nitrogens with two attached hydrogens (primary N) is 1. The first-order chi connectivity index (χ1) is 11.6. The van der Waals surface area contributed by atoms with Crippen molar-refractivity contribution in [3.05, 3.63) is 51.9 Å². The standard InChI is InChI=1S/C14H9BrF3N3O2S2/c15-13-6-5-10(24-13)9-7-12(14(16,17)18)20-21(9)8-3-1-2-4-11(8)25(19,22)23/h1-7H,(H2,19,22,23). The van der Waals surface area contributed by atoms with Crippen LogP contribution in [0.5, 0.6) is 0 Å². The van der Waals surface area contributed by atoms with E-state index in [-0.39, 0.29) is 16.3 Å². The van der Waals surface area contributed by atoms with Gasteiger partial charge in [-0.3, -0.25) is 0 Å². The summed E-state index contributed by atoms with van der Waals surface area (Å²) in [7, 11) is -4.15. The van der Waals surface area contributed by atoms with Crippen molar-refractivity contribution in [1.29, 1.82) is 0 Å². The minimum atomic E-state index is -4.68. The van der Waals surface area contributed by atoms with Crippen LogP contribution in [0.4, 0.5) is 13.2 Å². The highest BCUT2D eigenvalue weighted by Gasteiger charge is 2.36. The molecule has 0 unspecified atom stereocenters. The molecule has 0 radical (unpaired) electrons. The van der Waals surface area contributed by atoms with E-state index in [2.05, 4.69) is 21.0 Å². The maximum atomic E-state index is 13.1. The van der Waals surface area contributed by atoms with Crippen molar-refractivity contribution in [2.75, 3.05) is 0 Å². The maximum Gasteiger partial charge on any atom is 0.435 e. The molecule has 132 valence electrons. The average Bonchev–Trinajstić information content (AvgIpc) is 3.11. The van der Waals surface area contributed by atoms with Gasteiger partial charge in [0.1, 0.15) is 4.90 Å². The van der Waals surface area contributed by atoms with E-state index < -0.39 is 21.9 Å². The van der Waals surface area contributed by atoms with E-state index in [1.54, 1.807) is 12.1 Å². The van der Waals surface area contributed by atoms with E-state index >= 15 is 0 Å². The number of hydrogen-bond acceptors (Lipinski definition) is 4. The largest absolute Gasteiger partial charge is 0.435 e. The Kier molecular flexibility index (Phi) is 4.52. The number of rotatable bonds is 3. The van der Waals surface area contributed by atoms with Gasteiger partial charge in [-0.25, -0.2) is 18.2 Å². The smallest absolute Gasteiger partial charge is 0.230 e. The summed E-state index contributed by atoms with van der Waals surface area (Å²) in [5, 5.41) is 8.76. The summed E-state index contributed by atoms with van der Waals surface area (Å²) in [5.41, 5.74) is -1.07. The number of alkyl halides is 3. The van der Waals surface area contributed by atoms with Crippen LogP contribution in [0, 0.1) is 0 Å². The van der Waals surface area contributed by atoms with Crippen molar-refractivity contribution >= 4 is 37.3 Å². The van der Waals surface area contributed by atoms with Crippen molar-refractivity contribution in [3.8, 4) is 16.3 Å². The lowest BCUT2D eigenvalue weighted by Gasteiger charge is -2.10. The molecule has 0 aliphatic rings. The molecular weight excluding hydrogens is 443 g/mol. The van der Waals surface area contributed by atoms with Gasteiger partial charge in [0.25, 0.3) is 0 Å². The Labute approximate surface area is 153 Å². The highest BCUT2D eigenvalue weighted by molar-refractivity contribution is 9.11. The van der Waals surface area contributed by atoms with Gasteiger partial charge in [-0.1, -0.05) is 12.1 Å². The predicted molar refractivity (Wildman–Crippen MR) is 91.0 cm³/mol. The van der Waals surface area contributed by atoms with Gasteiger partial charge in [0.15, 0.2) is 5.69 Å². The Hall–Kier alpha value is -1.69. The fourth-order valence-corrected chi connectivity index (χ4v) is 4.31. The van der Waals surface area contributed by atoms with Crippen LogP contribution < -0.4 is 5.14 Å². The summed E-state index contributed by atoms with van der Waals surface area (Å²) in [6, 6.07) is 9.65. The molecule has 0 aliphatic heterocycles. The lowest BCUT2D eigenvalue weighted by molar-refractivity contribution is -0.141. The highest BCUT2D eigenvalue weighted by Crippen LogP contribution is 2.37. The molecular formula is C14H9BrF3N3O2S2. The summed E-state index contributed by atoms with van der Waals surface area (Å²) in [5.74, 6) is 0. The van der Waals surface area contributed by atoms with Crippen LogP contribution in [0.25, 0.3) is 16.3 Å². The topological polar surface area (TPSA) is 78.0 Å². The summed E-state index contributed by atoms with van der Waals surface area (Å²) >= 11 is 4.45. The van der Waals surface area contributed by atoms with Crippen LogP contribution in [-0.4, -0.2) is 18.2 Å². The van der Waals surface area contributed by atoms with E-state index in [0.717, 1.165) is 10.7 Å². The van der Waals surface area contributed by atoms with Gasteiger partial charge in [0, 0.05) is 0 Å². The molecule has 0 spiro atoms. The number of sulfonamides is 1. The number of hydrogen-bond donors (Lipinski definition) is 1. The summed E-state index contributed by atoms with van der Waals surface area (Å²) in [6.07, 6.45) is -4.68. The first kappa shape index (κ1) is 18.1. The minimum absolute atomic E-state index is 0.0555. The van der Waals surface area contributed by atoms with E-state index in [1.165, 1.54) is 35.6 Å². The van der Waals surface area contributed by atoms with Gasteiger partial charge in [0.05, 0.1) is 20.0 Å². The zero-order chi connectivity index (χ0) is 18.4. The van der Waals surface area contributed by atoms with Gasteiger partial charge >= 0.3 is 6.18 Å². The third-order valence-corrected chi connectivity index (χ3v) is 5.83. The summed E-state index contributed by atoms with van der Waals surface area (Å²) in [6.45, 7) is 0. The molecule has 0 amide bonds. The SMILES string of the molecule is NS(=O)(=O)c1ccccc1-n1nc(C(F)(F)F)cc1-c1ccc(Br)s1. The second-order valence-electron chi connectivity index (χ2n) is 4.94. The highest BCUT2D eigenvalue weighted by atomic mass is 79.9. The Balaban J connectivity index is 2.32. The first-order valence-electron chi connectivity index (χ1n) is 6.62. The molecule has 2 N–H and O–H groups in total. The lowest BCUT2D eigenvalue weighted by Crippen LogP contribution is -2.16. The van der Waals surface area contributed by atoms with Crippen molar-refractivity contribution in [2.24, 2.45) is 5.14 Å². The van der Waals surface area contributed by atoms with E-state index in [9.17, 15) is 21.6 Å². The van der Waals surface area contributed by atoms with Gasteiger partial charge in [-0.05, 0) is 46.3 Å². The number of para-hydroxylation sites is 1. The molecule has 0 aliphatic carbocycles. The van der Waals surface area contributed by atoms with Crippen LogP contribution in [0.15, 0.2) is 51.1 Å². The van der Waals surface area contributed by atoms with E-state index in [1.807, 2.05) is 0 Å².